The first-order valence-corrected chi connectivity index (χ1v) is 4.58. The van der Waals surface area contributed by atoms with Crippen molar-refractivity contribution in [2.45, 2.75) is 19.9 Å². The van der Waals surface area contributed by atoms with E-state index in [9.17, 15) is 0 Å². The van der Waals surface area contributed by atoms with Crippen molar-refractivity contribution in [1.29, 1.82) is 0 Å². The Morgan fingerprint density at radius 3 is 2.92 bits per heavy atom. The van der Waals surface area contributed by atoms with Crippen molar-refractivity contribution in [2.24, 2.45) is 7.05 Å². The minimum Gasteiger partial charge on any atom is -0.311 e. The summed E-state index contributed by atoms with van der Waals surface area (Å²) in [7, 11) is 1.94. The van der Waals surface area contributed by atoms with Crippen LogP contribution < -0.4 is 5.32 Å². The Kier molecular flexibility index (Phi) is 3.71. The van der Waals surface area contributed by atoms with Gasteiger partial charge in [0.05, 0.1) is 5.69 Å². The van der Waals surface area contributed by atoms with Gasteiger partial charge in [0.15, 0.2) is 0 Å². The maximum Gasteiger partial charge on any atom is 0.0603 e. The normalized spacial score (nSPS) is 11.7. The maximum absolute atomic E-state index is 4.08. The van der Waals surface area contributed by atoms with Crippen molar-refractivity contribution in [3.05, 3.63) is 24.0 Å². The molecule has 1 heterocycles. The Balaban J connectivity index is 2.37. The second kappa shape index (κ2) is 4.82. The molecule has 0 saturated heterocycles. The topological polar surface area (TPSA) is 29.9 Å². The van der Waals surface area contributed by atoms with Gasteiger partial charge in [-0.1, -0.05) is 19.9 Å². The summed E-state index contributed by atoms with van der Waals surface area (Å²) in [5.41, 5.74) is 1.13. The molecule has 3 heteroatoms. The van der Waals surface area contributed by atoms with E-state index in [0.717, 1.165) is 12.2 Å². The average molecular weight is 179 g/mol. The van der Waals surface area contributed by atoms with Crippen molar-refractivity contribution in [1.82, 2.24) is 15.1 Å². The molecule has 0 fully saturated rings. The summed E-state index contributed by atoms with van der Waals surface area (Å²) in [6.45, 7) is 5.18. The Morgan fingerprint density at radius 2 is 2.38 bits per heavy atom. The number of nitrogens with zero attached hydrogens (tertiary/aromatic N) is 2. The van der Waals surface area contributed by atoms with Crippen molar-refractivity contribution in [3.8, 4) is 0 Å². The van der Waals surface area contributed by atoms with Crippen LogP contribution in [0.15, 0.2) is 18.3 Å². The molecule has 1 rings (SSSR count). The van der Waals surface area contributed by atoms with Crippen LogP contribution in [0.3, 0.4) is 0 Å². The Hall–Kier alpha value is -1.09. The molecular weight excluding hydrogens is 162 g/mol. The minimum atomic E-state index is 0.538. The van der Waals surface area contributed by atoms with Gasteiger partial charge in [-0.3, -0.25) is 4.68 Å². The van der Waals surface area contributed by atoms with Gasteiger partial charge in [-0.15, -0.1) is 0 Å². The fourth-order valence-electron chi connectivity index (χ4n) is 1.03. The third-order valence-corrected chi connectivity index (χ3v) is 1.79. The molecule has 0 saturated carbocycles. The lowest BCUT2D eigenvalue weighted by molar-refractivity contribution is 0.633. The predicted molar refractivity (Wildman–Crippen MR) is 55.4 cm³/mol. The van der Waals surface area contributed by atoms with Crippen LogP contribution in [-0.4, -0.2) is 22.4 Å². The molecule has 72 valence electrons. The van der Waals surface area contributed by atoms with Crippen LogP contribution in [0.1, 0.15) is 19.5 Å². The van der Waals surface area contributed by atoms with E-state index >= 15 is 0 Å². The van der Waals surface area contributed by atoms with Gasteiger partial charge in [-0.05, 0) is 12.1 Å². The number of hydrogen-bond acceptors (Lipinski definition) is 2. The van der Waals surface area contributed by atoms with E-state index in [1.807, 2.05) is 17.8 Å². The zero-order valence-corrected chi connectivity index (χ0v) is 8.49. The summed E-state index contributed by atoms with van der Waals surface area (Å²) >= 11 is 0. The highest BCUT2D eigenvalue weighted by atomic mass is 15.2. The van der Waals surface area contributed by atoms with Gasteiger partial charge < -0.3 is 5.32 Å². The first-order valence-electron chi connectivity index (χ1n) is 4.58. The SMILES string of the molecule is CC(C)NC/C=C/c1ccnn1C. The molecule has 0 atom stereocenters. The smallest absolute Gasteiger partial charge is 0.0603 e. The summed E-state index contributed by atoms with van der Waals surface area (Å²) < 4.78 is 1.85. The quantitative estimate of drug-likeness (QED) is 0.757. The summed E-state index contributed by atoms with van der Waals surface area (Å²) in [5, 5.41) is 7.39. The molecule has 0 aliphatic rings. The average Bonchev–Trinajstić information content (AvgIpc) is 2.45. The van der Waals surface area contributed by atoms with Gasteiger partial charge >= 0.3 is 0 Å². The van der Waals surface area contributed by atoms with Crippen LogP contribution in [0.2, 0.25) is 0 Å². The second-order valence-electron chi connectivity index (χ2n) is 3.34. The number of nitrogens with one attached hydrogen (secondary N) is 1. The molecule has 3 nitrogen and oxygen atoms in total. The molecule has 0 aromatic carbocycles. The van der Waals surface area contributed by atoms with Crippen LogP contribution in [0.5, 0.6) is 0 Å². The zero-order valence-electron chi connectivity index (χ0n) is 8.49. The van der Waals surface area contributed by atoms with Gasteiger partial charge in [0, 0.05) is 25.8 Å². The zero-order chi connectivity index (χ0) is 9.68. The van der Waals surface area contributed by atoms with E-state index in [0.29, 0.717) is 6.04 Å². The van der Waals surface area contributed by atoms with E-state index in [1.165, 1.54) is 0 Å². The monoisotopic (exact) mass is 179 g/mol. The van der Waals surface area contributed by atoms with Crippen LogP contribution in [0.25, 0.3) is 6.08 Å². The van der Waals surface area contributed by atoms with E-state index in [1.54, 1.807) is 6.20 Å². The molecule has 0 radical (unpaired) electrons. The number of hydrogen-bond donors (Lipinski definition) is 1. The van der Waals surface area contributed by atoms with Crippen LogP contribution in [-0.2, 0) is 7.05 Å². The molecule has 13 heavy (non-hydrogen) atoms. The molecule has 0 amide bonds. The van der Waals surface area contributed by atoms with Gasteiger partial charge in [0.25, 0.3) is 0 Å². The van der Waals surface area contributed by atoms with Crippen LogP contribution in [0, 0.1) is 0 Å². The minimum absolute atomic E-state index is 0.538. The van der Waals surface area contributed by atoms with Gasteiger partial charge in [0.1, 0.15) is 0 Å². The Morgan fingerprint density at radius 1 is 1.62 bits per heavy atom. The number of rotatable bonds is 4. The Labute approximate surface area is 79.5 Å². The van der Waals surface area contributed by atoms with Gasteiger partial charge in [0.2, 0.25) is 0 Å². The molecule has 0 unspecified atom stereocenters. The molecule has 0 aliphatic heterocycles. The third kappa shape index (κ3) is 3.42. The fraction of sp³-hybridized carbons (Fsp3) is 0.500. The van der Waals surface area contributed by atoms with Crippen molar-refractivity contribution >= 4 is 6.08 Å². The predicted octanol–water partition coefficient (Wildman–Crippen LogP) is 1.43. The molecule has 1 aromatic rings. The number of aromatic nitrogens is 2. The van der Waals surface area contributed by atoms with Gasteiger partial charge in [-0.25, -0.2) is 0 Å². The molecule has 1 aromatic heterocycles. The van der Waals surface area contributed by atoms with E-state index in [2.05, 4.69) is 36.4 Å². The fourth-order valence-corrected chi connectivity index (χ4v) is 1.03. The van der Waals surface area contributed by atoms with Gasteiger partial charge in [-0.2, -0.15) is 5.10 Å². The molecule has 0 bridgehead atoms. The van der Waals surface area contributed by atoms with E-state index < -0.39 is 0 Å². The lowest BCUT2D eigenvalue weighted by atomic mass is 10.3. The van der Waals surface area contributed by atoms with Crippen molar-refractivity contribution in [3.63, 3.8) is 0 Å². The largest absolute Gasteiger partial charge is 0.311 e. The molecular formula is C10H17N3. The highest BCUT2D eigenvalue weighted by molar-refractivity contribution is 5.44. The second-order valence-corrected chi connectivity index (χ2v) is 3.34. The first-order chi connectivity index (χ1) is 6.20. The van der Waals surface area contributed by atoms with E-state index in [4.69, 9.17) is 0 Å². The lowest BCUT2D eigenvalue weighted by Crippen LogP contribution is -2.22. The van der Waals surface area contributed by atoms with E-state index in [-0.39, 0.29) is 0 Å². The van der Waals surface area contributed by atoms with Crippen molar-refractivity contribution in [2.75, 3.05) is 6.54 Å². The summed E-state index contributed by atoms with van der Waals surface area (Å²) in [4.78, 5) is 0. The Bertz CT molecular complexity index is 273. The molecule has 0 aliphatic carbocycles. The maximum atomic E-state index is 4.08. The standard InChI is InChI=1S/C10H17N3/c1-9(2)11-7-4-5-10-6-8-12-13(10)3/h4-6,8-9,11H,7H2,1-3H3/b5-4+. The number of aryl methyl sites for hydroxylation is 1. The van der Waals surface area contributed by atoms with Crippen molar-refractivity contribution < 1.29 is 0 Å². The third-order valence-electron chi connectivity index (χ3n) is 1.79. The lowest BCUT2D eigenvalue weighted by Gasteiger charge is -2.03. The molecule has 1 N–H and O–H groups in total. The van der Waals surface area contributed by atoms with Crippen LogP contribution in [0.4, 0.5) is 0 Å². The molecule has 0 spiro atoms. The summed E-state index contributed by atoms with van der Waals surface area (Å²) in [6, 6.07) is 2.53. The first kappa shape index (κ1) is 9.99. The highest BCUT2D eigenvalue weighted by Crippen LogP contribution is 1.97. The summed E-state index contributed by atoms with van der Waals surface area (Å²) in [6.07, 6.45) is 5.98. The highest BCUT2D eigenvalue weighted by Gasteiger charge is 1.91. The summed E-state index contributed by atoms with van der Waals surface area (Å²) in [5.74, 6) is 0. The van der Waals surface area contributed by atoms with Crippen LogP contribution >= 0.6 is 0 Å².